The van der Waals surface area contributed by atoms with Crippen molar-refractivity contribution in [2.24, 2.45) is 5.41 Å². The first kappa shape index (κ1) is 13.5. The van der Waals surface area contributed by atoms with E-state index in [4.69, 9.17) is 0 Å². The molecule has 100 valence electrons. The van der Waals surface area contributed by atoms with E-state index in [0.717, 1.165) is 6.42 Å². The van der Waals surface area contributed by atoms with Gasteiger partial charge in [-0.25, -0.2) is 4.39 Å². The molecule has 1 atom stereocenters. The van der Waals surface area contributed by atoms with Crippen LogP contribution in [0.1, 0.15) is 44.6 Å². The van der Waals surface area contributed by atoms with E-state index in [-0.39, 0.29) is 5.82 Å². The lowest BCUT2D eigenvalue weighted by atomic mass is 9.74. The van der Waals surface area contributed by atoms with Crippen LogP contribution in [0.5, 0.6) is 0 Å². The minimum atomic E-state index is -0.147. The maximum Gasteiger partial charge on any atom is 0.123 e. The van der Waals surface area contributed by atoms with E-state index in [0.29, 0.717) is 11.5 Å². The predicted octanol–water partition coefficient (Wildman–Crippen LogP) is 3.93. The molecule has 1 aliphatic rings. The molecule has 0 radical (unpaired) electrons. The molecule has 0 aliphatic heterocycles. The van der Waals surface area contributed by atoms with Crippen molar-refractivity contribution < 1.29 is 4.39 Å². The van der Waals surface area contributed by atoms with Gasteiger partial charge in [0.15, 0.2) is 0 Å². The maximum absolute atomic E-state index is 12.9. The lowest BCUT2D eigenvalue weighted by Crippen LogP contribution is -2.43. The largest absolute Gasteiger partial charge is 0.316 e. The Kier molecular flexibility index (Phi) is 4.39. The molecule has 0 aromatic heterocycles. The molecule has 0 amide bonds. The highest BCUT2D eigenvalue weighted by atomic mass is 19.1. The molecule has 1 fully saturated rings. The third-order valence-electron chi connectivity index (χ3n) is 4.74. The predicted molar refractivity (Wildman–Crippen MR) is 74.1 cm³/mol. The quantitative estimate of drug-likeness (QED) is 0.834. The molecule has 0 heterocycles. The average molecular weight is 249 g/mol. The molecule has 0 saturated heterocycles. The monoisotopic (exact) mass is 249 g/mol. The zero-order valence-electron chi connectivity index (χ0n) is 11.5. The van der Waals surface area contributed by atoms with Gasteiger partial charge in [0.2, 0.25) is 0 Å². The summed E-state index contributed by atoms with van der Waals surface area (Å²) < 4.78 is 12.9. The second-order valence-electron chi connectivity index (χ2n) is 5.59. The van der Waals surface area contributed by atoms with Crippen molar-refractivity contribution >= 4 is 0 Å². The molecule has 1 nitrogen and oxygen atoms in total. The number of nitrogens with one attached hydrogen (secondary N) is 1. The highest BCUT2D eigenvalue weighted by Crippen LogP contribution is 2.44. The van der Waals surface area contributed by atoms with Crippen LogP contribution in [0.4, 0.5) is 4.39 Å². The molecule has 1 aromatic rings. The fourth-order valence-electron chi connectivity index (χ4n) is 3.51. The number of halogens is 1. The first-order chi connectivity index (χ1) is 8.70. The molecular formula is C16H24FN. The fraction of sp³-hybridized carbons (Fsp3) is 0.625. The Bertz CT molecular complexity index is 365. The molecule has 1 aromatic carbocycles. The highest BCUT2D eigenvalue weighted by molar-refractivity contribution is 5.18. The van der Waals surface area contributed by atoms with Crippen LogP contribution in [0.3, 0.4) is 0 Å². The van der Waals surface area contributed by atoms with Crippen molar-refractivity contribution in [3.63, 3.8) is 0 Å². The third-order valence-corrected chi connectivity index (χ3v) is 4.74. The summed E-state index contributed by atoms with van der Waals surface area (Å²) in [5.74, 6) is -0.147. The highest BCUT2D eigenvalue weighted by Gasteiger charge is 2.38. The molecule has 1 N–H and O–H groups in total. The third kappa shape index (κ3) is 2.74. The number of likely N-dealkylation sites (N-methyl/N-ethyl adjacent to an activating group) is 1. The summed E-state index contributed by atoms with van der Waals surface area (Å²) >= 11 is 0. The average Bonchev–Trinajstić information content (AvgIpc) is 2.88. The van der Waals surface area contributed by atoms with Crippen LogP contribution < -0.4 is 5.32 Å². The van der Waals surface area contributed by atoms with Crippen LogP contribution in [-0.2, 0) is 6.42 Å². The van der Waals surface area contributed by atoms with Gasteiger partial charge in [0.1, 0.15) is 5.82 Å². The first-order valence-corrected chi connectivity index (χ1v) is 7.12. The minimum Gasteiger partial charge on any atom is -0.316 e. The number of hydrogen-bond acceptors (Lipinski definition) is 1. The van der Waals surface area contributed by atoms with Crippen LogP contribution in [-0.4, -0.2) is 13.1 Å². The summed E-state index contributed by atoms with van der Waals surface area (Å²) in [5.41, 5.74) is 1.68. The van der Waals surface area contributed by atoms with E-state index in [1.807, 2.05) is 12.1 Å². The SMILES string of the molecule is CCC1(C(Cc2ccc(F)cc2)NC)CCCC1. The summed E-state index contributed by atoms with van der Waals surface area (Å²) in [6.07, 6.45) is 7.61. The van der Waals surface area contributed by atoms with E-state index in [1.54, 1.807) is 12.1 Å². The number of hydrogen-bond donors (Lipinski definition) is 1. The molecule has 2 heteroatoms. The van der Waals surface area contributed by atoms with Crippen LogP contribution in [0.15, 0.2) is 24.3 Å². The van der Waals surface area contributed by atoms with Crippen molar-refractivity contribution in [1.82, 2.24) is 5.32 Å². The van der Waals surface area contributed by atoms with Gasteiger partial charge in [0, 0.05) is 6.04 Å². The second kappa shape index (κ2) is 5.83. The Hall–Kier alpha value is -0.890. The Labute approximate surface area is 110 Å². The molecule has 0 spiro atoms. The van der Waals surface area contributed by atoms with Gasteiger partial charge < -0.3 is 5.32 Å². The molecule has 1 unspecified atom stereocenters. The zero-order valence-corrected chi connectivity index (χ0v) is 11.5. The van der Waals surface area contributed by atoms with E-state index in [2.05, 4.69) is 19.3 Å². The van der Waals surface area contributed by atoms with Crippen LogP contribution in [0.2, 0.25) is 0 Å². The van der Waals surface area contributed by atoms with Gasteiger partial charge in [0.25, 0.3) is 0 Å². The van der Waals surface area contributed by atoms with E-state index in [9.17, 15) is 4.39 Å². The Morgan fingerprint density at radius 1 is 1.22 bits per heavy atom. The standard InChI is InChI=1S/C16H24FN/c1-3-16(10-4-5-11-16)15(18-2)12-13-6-8-14(17)9-7-13/h6-9,15,18H,3-5,10-12H2,1-2H3. The topological polar surface area (TPSA) is 12.0 Å². The van der Waals surface area contributed by atoms with Crippen LogP contribution >= 0.6 is 0 Å². The zero-order chi connectivity index (χ0) is 13.0. The molecule has 18 heavy (non-hydrogen) atoms. The Morgan fingerprint density at radius 3 is 2.33 bits per heavy atom. The molecule has 1 aliphatic carbocycles. The normalized spacial score (nSPS) is 19.9. The summed E-state index contributed by atoms with van der Waals surface area (Å²) in [5, 5.41) is 3.51. The lowest BCUT2D eigenvalue weighted by Gasteiger charge is -2.37. The molecular weight excluding hydrogens is 225 g/mol. The van der Waals surface area contributed by atoms with Gasteiger partial charge in [-0.15, -0.1) is 0 Å². The molecule has 0 bridgehead atoms. The Balaban J connectivity index is 2.11. The number of rotatable bonds is 5. The molecule has 1 saturated carbocycles. The van der Waals surface area contributed by atoms with E-state index < -0.39 is 0 Å². The second-order valence-corrected chi connectivity index (χ2v) is 5.59. The first-order valence-electron chi connectivity index (χ1n) is 7.12. The lowest BCUT2D eigenvalue weighted by molar-refractivity contribution is 0.192. The van der Waals surface area contributed by atoms with Gasteiger partial charge >= 0.3 is 0 Å². The molecule has 2 rings (SSSR count). The fourth-order valence-corrected chi connectivity index (χ4v) is 3.51. The summed E-state index contributed by atoms with van der Waals surface area (Å²) in [4.78, 5) is 0. The van der Waals surface area contributed by atoms with E-state index in [1.165, 1.54) is 37.7 Å². The maximum atomic E-state index is 12.9. The van der Waals surface area contributed by atoms with Gasteiger partial charge in [-0.3, -0.25) is 0 Å². The van der Waals surface area contributed by atoms with Gasteiger partial charge in [0.05, 0.1) is 0 Å². The van der Waals surface area contributed by atoms with Crippen molar-refractivity contribution in [3.8, 4) is 0 Å². The van der Waals surface area contributed by atoms with Crippen molar-refractivity contribution in [3.05, 3.63) is 35.6 Å². The van der Waals surface area contributed by atoms with Crippen LogP contribution in [0.25, 0.3) is 0 Å². The summed E-state index contributed by atoms with van der Waals surface area (Å²) in [6, 6.07) is 7.47. The van der Waals surface area contributed by atoms with Crippen molar-refractivity contribution in [2.75, 3.05) is 7.05 Å². The van der Waals surface area contributed by atoms with Gasteiger partial charge in [-0.05, 0) is 55.8 Å². The van der Waals surface area contributed by atoms with Gasteiger partial charge in [-0.1, -0.05) is 31.9 Å². The van der Waals surface area contributed by atoms with Crippen molar-refractivity contribution in [1.29, 1.82) is 0 Å². The minimum absolute atomic E-state index is 0.147. The summed E-state index contributed by atoms with van der Waals surface area (Å²) in [7, 11) is 2.06. The Morgan fingerprint density at radius 2 is 1.83 bits per heavy atom. The number of benzene rings is 1. The smallest absolute Gasteiger partial charge is 0.123 e. The van der Waals surface area contributed by atoms with Crippen LogP contribution in [0, 0.1) is 11.2 Å². The van der Waals surface area contributed by atoms with E-state index >= 15 is 0 Å². The van der Waals surface area contributed by atoms with Gasteiger partial charge in [-0.2, -0.15) is 0 Å². The summed E-state index contributed by atoms with van der Waals surface area (Å²) in [6.45, 7) is 2.31. The van der Waals surface area contributed by atoms with Crippen molar-refractivity contribution in [2.45, 2.75) is 51.5 Å².